The predicted octanol–water partition coefficient (Wildman–Crippen LogP) is 4.13. The van der Waals surface area contributed by atoms with Crippen molar-refractivity contribution in [3.05, 3.63) is 95.1 Å². The van der Waals surface area contributed by atoms with Crippen LogP contribution in [0.5, 0.6) is 0 Å². The van der Waals surface area contributed by atoms with Gasteiger partial charge in [-0.25, -0.2) is 4.79 Å². The maximum atomic E-state index is 12.8. The monoisotopic (exact) mass is 404 g/mol. The normalized spacial score (nSPS) is 12.2. The molecule has 6 heteroatoms. The minimum absolute atomic E-state index is 0.00790. The van der Waals surface area contributed by atoms with Crippen LogP contribution in [0.2, 0.25) is 0 Å². The molecule has 3 aromatic rings. The molecule has 1 atom stereocenters. The van der Waals surface area contributed by atoms with E-state index in [1.54, 1.807) is 6.20 Å². The molecule has 0 aliphatic heterocycles. The van der Waals surface area contributed by atoms with Crippen LogP contribution in [0.3, 0.4) is 0 Å². The van der Waals surface area contributed by atoms with Crippen LogP contribution < -0.4 is 0 Å². The fourth-order valence-corrected chi connectivity index (χ4v) is 2.83. The molecule has 30 heavy (non-hydrogen) atoms. The molecule has 2 heterocycles. The van der Waals surface area contributed by atoms with Crippen molar-refractivity contribution in [3.8, 4) is 0 Å². The lowest BCUT2D eigenvalue weighted by atomic mass is 10.1. The highest BCUT2D eigenvalue weighted by molar-refractivity contribution is 6.08. The summed E-state index contributed by atoms with van der Waals surface area (Å²) in [5.41, 5.74) is 3.99. The van der Waals surface area contributed by atoms with Gasteiger partial charge in [0.2, 0.25) is 5.78 Å². The van der Waals surface area contributed by atoms with E-state index in [1.165, 1.54) is 6.92 Å². The van der Waals surface area contributed by atoms with Crippen molar-refractivity contribution in [2.45, 2.75) is 33.1 Å². The van der Waals surface area contributed by atoms with E-state index < -0.39 is 12.1 Å². The Balaban J connectivity index is 1.60. The van der Waals surface area contributed by atoms with Crippen LogP contribution in [0.4, 0.5) is 0 Å². The van der Waals surface area contributed by atoms with Crippen LogP contribution in [-0.2, 0) is 22.7 Å². The summed E-state index contributed by atoms with van der Waals surface area (Å²) in [5.74, 6) is -1.00. The second-order valence-corrected chi connectivity index (χ2v) is 7.03. The van der Waals surface area contributed by atoms with E-state index in [1.807, 2.05) is 78.4 Å². The zero-order chi connectivity index (χ0) is 21.5. The third kappa shape index (κ3) is 5.52. The maximum Gasteiger partial charge on any atom is 0.332 e. The maximum absolute atomic E-state index is 12.8. The summed E-state index contributed by atoms with van der Waals surface area (Å²) in [6.07, 6.45) is 6.50. The molecule has 0 saturated carbocycles. The molecule has 0 aliphatic carbocycles. The molecular weight excluding hydrogens is 380 g/mol. The van der Waals surface area contributed by atoms with Gasteiger partial charge in [0.25, 0.3) is 0 Å². The molecule has 0 radical (unpaired) electrons. The van der Waals surface area contributed by atoms with Gasteiger partial charge in [0.15, 0.2) is 6.10 Å². The number of allylic oxidation sites excluding steroid dienone is 1. The molecule has 0 bridgehead atoms. The fraction of sp³-hybridized carbons (Fsp3) is 0.208. The number of hydrogen-bond donors (Lipinski definition) is 1. The summed E-state index contributed by atoms with van der Waals surface area (Å²) in [7, 11) is 0. The molecule has 1 aromatic carbocycles. The highest BCUT2D eigenvalue weighted by Crippen LogP contribution is 2.13. The van der Waals surface area contributed by atoms with E-state index in [2.05, 4.69) is 4.98 Å². The standard InChI is InChI=1S/C24H24N2O4/c1-17-7-10-20(11-8-17)23(27)22-6-4-14-26(22)13-3-5-21-12-9-19(15-25-21)16-30-18(2)24(28)29/h3-12,14-15,18H,13,16H2,1-2H3,(H,28,29). The van der Waals surface area contributed by atoms with Crippen LogP contribution in [0.1, 0.15) is 39.8 Å². The Bertz CT molecular complexity index is 1030. The molecular formula is C24H24N2O4. The van der Waals surface area contributed by atoms with Gasteiger partial charge in [-0.15, -0.1) is 0 Å². The number of ether oxygens (including phenoxy) is 1. The lowest BCUT2D eigenvalue weighted by Crippen LogP contribution is -2.19. The molecule has 0 saturated heterocycles. The molecule has 0 amide bonds. The van der Waals surface area contributed by atoms with E-state index in [0.29, 0.717) is 17.8 Å². The Morgan fingerprint density at radius 1 is 1.17 bits per heavy atom. The van der Waals surface area contributed by atoms with Gasteiger partial charge in [-0.05, 0) is 43.7 Å². The first-order valence-corrected chi connectivity index (χ1v) is 9.66. The van der Waals surface area contributed by atoms with Crippen molar-refractivity contribution in [3.63, 3.8) is 0 Å². The predicted molar refractivity (Wildman–Crippen MR) is 114 cm³/mol. The summed E-state index contributed by atoms with van der Waals surface area (Å²) >= 11 is 0. The molecule has 154 valence electrons. The van der Waals surface area contributed by atoms with Crippen molar-refractivity contribution in [1.29, 1.82) is 0 Å². The molecule has 0 spiro atoms. The SMILES string of the molecule is Cc1ccc(C(=O)c2cccn2CC=Cc2ccc(COC(C)C(=O)O)cn2)cc1. The Kier molecular flexibility index (Phi) is 6.93. The number of aliphatic carboxylic acids is 1. The van der Waals surface area contributed by atoms with Crippen LogP contribution in [-0.4, -0.2) is 32.5 Å². The van der Waals surface area contributed by atoms with Crippen molar-refractivity contribution in [2.24, 2.45) is 0 Å². The lowest BCUT2D eigenvalue weighted by Gasteiger charge is -2.08. The van der Waals surface area contributed by atoms with E-state index in [4.69, 9.17) is 9.84 Å². The average molecular weight is 404 g/mol. The van der Waals surface area contributed by atoms with Crippen molar-refractivity contribution in [2.75, 3.05) is 0 Å². The first-order chi connectivity index (χ1) is 14.4. The Morgan fingerprint density at radius 2 is 1.93 bits per heavy atom. The largest absolute Gasteiger partial charge is 0.479 e. The number of carbonyl (C=O) groups excluding carboxylic acids is 1. The molecule has 1 unspecified atom stereocenters. The Hall–Kier alpha value is -3.51. The molecule has 0 fully saturated rings. The minimum Gasteiger partial charge on any atom is -0.479 e. The number of hydrogen-bond acceptors (Lipinski definition) is 4. The topological polar surface area (TPSA) is 81.4 Å². The lowest BCUT2D eigenvalue weighted by molar-refractivity contribution is -0.149. The van der Waals surface area contributed by atoms with Crippen LogP contribution >= 0.6 is 0 Å². The second-order valence-electron chi connectivity index (χ2n) is 7.03. The Labute approximate surface area is 175 Å². The fourth-order valence-electron chi connectivity index (χ4n) is 2.83. The summed E-state index contributed by atoms with van der Waals surface area (Å²) in [4.78, 5) is 27.9. The number of carbonyl (C=O) groups is 2. The second kappa shape index (κ2) is 9.80. The smallest absolute Gasteiger partial charge is 0.332 e. The van der Waals surface area contributed by atoms with Gasteiger partial charge in [0, 0.05) is 24.5 Å². The zero-order valence-electron chi connectivity index (χ0n) is 17.0. The number of carboxylic acid groups (broad SMARTS) is 1. The van der Waals surface area contributed by atoms with Crippen LogP contribution in [0, 0.1) is 6.92 Å². The number of nitrogens with zero attached hydrogens (tertiary/aromatic N) is 2. The van der Waals surface area contributed by atoms with Gasteiger partial charge in [0.1, 0.15) is 0 Å². The van der Waals surface area contributed by atoms with Gasteiger partial charge < -0.3 is 14.4 Å². The number of benzene rings is 1. The number of pyridine rings is 1. The number of carboxylic acids is 1. The summed E-state index contributed by atoms with van der Waals surface area (Å²) in [5, 5.41) is 8.84. The first kappa shape index (κ1) is 21.2. The quantitative estimate of drug-likeness (QED) is 0.543. The summed E-state index contributed by atoms with van der Waals surface area (Å²) < 4.78 is 7.14. The van der Waals surface area contributed by atoms with Crippen molar-refractivity contribution >= 4 is 17.8 Å². The summed E-state index contributed by atoms with van der Waals surface area (Å²) in [6.45, 7) is 4.22. The van der Waals surface area contributed by atoms with Crippen LogP contribution in [0.15, 0.2) is 67.0 Å². The molecule has 3 rings (SSSR count). The zero-order valence-corrected chi connectivity index (χ0v) is 17.0. The van der Waals surface area contributed by atoms with Gasteiger partial charge in [-0.2, -0.15) is 0 Å². The van der Waals surface area contributed by atoms with E-state index in [-0.39, 0.29) is 12.4 Å². The minimum atomic E-state index is -0.993. The van der Waals surface area contributed by atoms with E-state index >= 15 is 0 Å². The average Bonchev–Trinajstić information content (AvgIpc) is 3.21. The van der Waals surface area contributed by atoms with Gasteiger partial charge in [-0.1, -0.05) is 42.0 Å². The number of rotatable bonds is 9. The van der Waals surface area contributed by atoms with Crippen molar-refractivity contribution < 1.29 is 19.4 Å². The van der Waals surface area contributed by atoms with E-state index in [0.717, 1.165) is 16.8 Å². The van der Waals surface area contributed by atoms with Crippen LogP contribution in [0.25, 0.3) is 6.08 Å². The first-order valence-electron chi connectivity index (χ1n) is 9.66. The number of aryl methyl sites for hydroxylation is 1. The number of aromatic nitrogens is 2. The highest BCUT2D eigenvalue weighted by atomic mass is 16.5. The number of ketones is 1. The molecule has 6 nitrogen and oxygen atoms in total. The summed E-state index contributed by atoms with van der Waals surface area (Å²) in [6, 6.07) is 14.9. The van der Waals surface area contributed by atoms with E-state index in [9.17, 15) is 9.59 Å². The third-order valence-corrected chi connectivity index (χ3v) is 4.66. The van der Waals surface area contributed by atoms with Crippen molar-refractivity contribution in [1.82, 2.24) is 9.55 Å². The molecule has 2 aromatic heterocycles. The molecule has 1 N–H and O–H groups in total. The van der Waals surface area contributed by atoms with Gasteiger partial charge >= 0.3 is 5.97 Å². The third-order valence-electron chi connectivity index (χ3n) is 4.66. The highest BCUT2D eigenvalue weighted by Gasteiger charge is 2.13. The van der Waals surface area contributed by atoms with Gasteiger partial charge in [-0.3, -0.25) is 9.78 Å². The molecule has 0 aliphatic rings. The Morgan fingerprint density at radius 3 is 2.60 bits per heavy atom. The van der Waals surface area contributed by atoms with Gasteiger partial charge in [0.05, 0.1) is 18.0 Å².